The van der Waals surface area contributed by atoms with E-state index in [9.17, 15) is 12.8 Å². The number of sulfonamides is 1. The minimum atomic E-state index is -3.81. The van der Waals surface area contributed by atoms with Gasteiger partial charge in [-0.1, -0.05) is 6.07 Å². The minimum Gasteiger partial charge on any atom is -0.395 e. The molecule has 0 saturated heterocycles. The lowest BCUT2D eigenvalue weighted by Crippen LogP contribution is -2.29. The lowest BCUT2D eigenvalue weighted by atomic mass is 10.3. The van der Waals surface area contributed by atoms with Gasteiger partial charge in [0.15, 0.2) is 0 Å². The molecule has 3 N–H and O–H groups in total. The molecule has 0 unspecified atom stereocenters. The molecule has 1 aromatic carbocycles. The average molecular weight is 276 g/mol. The number of nitrogens with one attached hydrogen (secondary N) is 1. The SMILES string of the molecule is CC(C)OCCNS(=O)(=O)c1cccc(F)c1N. The van der Waals surface area contributed by atoms with Gasteiger partial charge in [0.25, 0.3) is 0 Å². The number of rotatable bonds is 6. The topological polar surface area (TPSA) is 81.4 Å². The van der Waals surface area contributed by atoms with Crippen LogP contribution in [0.1, 0.15) is 13.8 Å². The third-order valence-corrected chi connectivity index (χ3v) is 3.67. The summed E-state index contributed by atoms with van der Waals surface area (Å²) in [5.74, 6) is -0.753. The summed E-state index contributed by atoms with van der Waals surface area (Å²) in [7, 11) is -3.81. The van der Waals surface area contributed by atoms with E-state index in [1.165, 1.54) is 12.1 Å². The van der Waals surface area contributed by atoms with Crippen LogP contribution in [0.25, 0.3) is 0 Å². The fourth-order valence-corrected chi connectivity index (χ4v) is 2.45. The van der Waals surface area contributed by atoms with Crippen LogP contribution in [0, 0.1) is 5.82 Å². The van der Waals surface area contributed by atoms with E-state index in [0.29, 0.717) is 0 Å². The van der Waals surface area contributed by atoms with E-state index in [0.717, 1.165) is 6.07 Å². The molecule has 0 fully saturated rings. The first-order chi connectivity index (χ1) is 8.34. The minimum absolute atomic E-state index is 0.0220. The van der Waals surface area contributed by atoms with Crippen LogP contribution in [0.3, 0.4) is 0 Å². The van der Waals surface area contributed by atoms with E-state index in [1.807, 2.05) is 13.8 Å². The van der Waals surface area contributed by atoms with Crippen molar-refractivity contribution in [3.63, 3.8) is 0 Å². The Morgan fingerprint density at radius 1 is 1.44 bits per heavy atom. The van der Waals surface area contributed by atoms with Crippen molar-refractivity contribution < 1.29 is 17.5 Å². The molecule has 0 aromatic heterocycles. The number of hydrogen-bond donors (Lipinski definition) is 2. The van der Waals surface area contributed by atoms with E-state index in [2.05, 4.69) is 4.72 Å². The fraction of sp³-hybridized carbons (Fsp3) is 0.455. The number of hydrogen-bond acceptors (Lipinski definition) is 4. The van der Waals surface area contributed by atoms with Crippen LogP contribution in [-0.2, 0) is 14.8 Å². The standard InChI is InChI=1S/C11H17FN2O3S/c1-8(2)17-7-6-14-18(15,16)10-5-3-4-9(12)11(10)13/h3-5,8,14H,6-7,13H2,1-2H3. The monoisotopic (exact) mass is 276 g/mol. The van der Waals surface area contributed by atoms with Crippen LogP contribution in [0.4, 0.5) is 10.1 Å². The summed E-state index contributed by atoms with van der Waals surface area (Å²) in [6.07, 6.45) is 0.0220. The Bertz CT molecular complexity index is 503. The van der Waals surface area contributed by atoms with Crippen molar-refractivity contribution in [2.24, 2.45) is 0 Å². The summed E-state index contributed by atoms with van der Waals surface area (Å²) >= 11 is 0. The number of para-hydroxylation sites is 1. The van der Waals surface area contributed by atoms with Crippen LogP contribution >= 0.6 is 0 Å². The predicted octanol–water partition coefficient (Wildman–Crippen LogP) is 1.11. The Morgan fingerprint density at radius 2 is 2.11 bits per heavy atom. The zero-order chi connectivity index (χ0) is 13.8. The lowest BCUT2D eigenvalue weighted by Gasteiger charge is -2.11. The summed E-state index contributed by atoms with van der Waals surface area (Å²) in [5, 5.41) is 0. The van der Waals surface area contributed by atoms with Crippen LogP contribution < -0.4 is 10.5 Å². The Labute approximate surface area is 106 Å². The molecular formula is C11H17FN2O3S. The van der Waals surface area contributed by atoms with Crippen LogP contribution in [-0.4, -0.2) is 27.7 Å². The maximum Gasteiger partial charge on any atom is 0.242 e. The largest absolute Gasteiger partial charge is 0.395 e. The molecule has 1 aromatic rings. The Morgan fingerprint density at radius 3 is 2.72 bits per heavy atom. The van der Waals surface area contributed by atoms with Crippen molar-refractivity contribution in [1.82, 2.24) is 4.72 Å². The second-order valence-corrected chi connectivity index (χ2v) is 5.70. The molecule has 0 saturated carbocycles. The Hall–Kier alpha value is -1.18. The Kier molecular flexibility index (Phi) is 5.06. The van der Waals surface area contributed by atoms with Gasteiger partial charge in [0, 0.05) is 6.54 Å². The molecule has 0 aliphatic heterocycles. The van der Waals surface area contributed by atoms with Crippen LogP contribution in [0.2, 0.25) is 0 Å². The molecule has 0 spiro atoms. The van der Waals surface area contributed by atoms with Crippen molar-refractivity contribution in [3.05, 3.63) is 24.0 Å². The second kappa shape index (κ2) is 6.12. The molecular weight excluding hydrogens is 259 g/mol. The molecule has 0 aliphatic carbocycles. The summed E-state index contributed by atoms with van der Waals surface area (Å²) < 4.78 is 44.3. The molecule has 1 rings (SSSR count). The zero-order valence-electron chi connectivity index (χ0n) is 10.3. The van der Waals surface area contributed by atoms with Crippen LogP contribution in [0.15, 0.2) is 23.1 Å². The summed E-state index contributed by atoms with van der Waals surface area (Å²) in [6, 6.07) is 3.66. The predicted molar refractivity (Wildman–Crippen MR) is 67.1 cm³/mol. The van der Waals surface area contributed by atoms with E-state index in [1.54, 1.807) is 0 Å². The third kappa shape index (κ3) is 3.94. The molecule has 0 heterocycles. The van der Waals surface area contributed by atoms with E-state index in [4.69, 9.17) is 10.5 Å². The molecule has 18 heavy (non-hydrogen) atoms. The molecule has 0 atom stereocenters. The van der Waals surface area contributed by atoms with Crippen molar-refractivity contribution in [1.29, 1.82) is 0 Å². The summed E-state index contributed by atoms with van der Waals surface area (Å²) in [5.41, 5.74) is 5.02. The van der Waals surface area contributed by atoms with Gasteiger partial charge >= 0.3 is 0 Å². The van der Waals surface area contributed by atoms with Gasteiger partial charge < -0.3 is 10.5 Å². The molecule has 7 heteroatoms. The van der Waals surface area contributed by atoms with E-state index < -0.39 is 15.8 Å². The number of benzene rings is 1. The second-order valence-electron chi connectivity index (χ2n) is 3.97. The van der Waals surface area contributed by atoms with E-state index >= 15 is 0 Å². The highest BCUT2D eigenvalue weighted by Crippen LogP contribution is 2.20. The number of anilines is 1. The van der Waals surface area contributed by atoms with Crippen LogP contribution in [0.5, 0.6) is 0 Å². The first-order valence-corrected chi connectivity index (χ1v) is 6.98. The van der Waals surface area contributed by atoms with Gasteiger partial charge in [-0.25, -0.2) is 17.5 Å². The van der Waals surface area contributed by atoms with E-state index in [-0.39, 0.29) is 29.8 Å². The first kappa shape index (κ1) is 14.9. The number of halogens is 1. The lowest BCUT2D eigenvalue weighted by molar-refractivity contribution is 0.0834. The van der Waals surface area contributed by atoms with Crippen molar-refractivity contribution in [3.8, 4) is 0 Å². The van der Waals surface area contributed by atoms with Gasteiger partial charge in [-0.15, -0.1) is 0 Å². The smallest absolute Gasteiger partial charge is 0.242 e. The molecule has 102 valence electrons. The zero-order valence-corrected chi connectivity index (χ0v) is 11.1. The highest BCUT2D eigenvalue weighted by molar-refractivity contribution is 7.89. The first-order valence-electron chi connectivity index (χ1n) is 5.50. The fourth-order valence-electron chi connectivity index (χ4n) is 1.30. The van der Waals surface area contributed by atoms with Gasteiger partial charge in [-0.3, -0.25) is 0 Å². The molecule has 0 aliphatic rings. The van der Waals surface area contributed by atoms with Crippen molar-refractivity contribution in [2.45, 2.75) is 24.8 Å². The maximum atomic E-state index is 13.2. The van der Waals surface area contributed by atoms with Crippen molar-refractivity contribution >= 4 is 15.7 Å². The van der Waals surface area contributed by atoms with Gasteiger partial charge in [-0.05, 0) is 26.0 Å². The van der Waals surface area contributed by atoms with Gasteiger partial charge in [0.2, 0.25) is 10.0 Å². The third-order valence-electron chi connectivity index (χ3n) is 2.15. The summed E-state index contributed by atoms with van der Waals surface area (Å²) in [6.45, 7) is 4.04. The van der Waals surface area contributed by atoms with Gasteiger partial charge in [-0.2, -0.15) is 0 Å². The average Bonchev–Trinajstić information content (AvgIpc) is 2.28. The van der Waals surface area contributed by atoms with Crippen molar-refractivity contribution in [2.75, 3.05) is 18.9 Å². The van der Waals surface area contributed by atoms with Gasteiger partial charge in [0.1, 0.15) is 10.7 Å². The highest BCUT2D eigenvalue weighted by atomic mass is 32.2. The molecule has 0 radical (unpaired) electrons. The summed E-state index contributed by atoms with van der Waals surface area (Å²) in [4.78, 5) is -0.257. The number of nitrogen functional groups attached to an aromatic ring is 1. The quantitative estimate of drug-likeness (QED) is 0.602. The maximum absolute atomic E-state index is 13.2. The molecule has 0 bridgehead atoms. The highest BCUT2D eigenvalue weighted by Gasteiger charge is 2.18. The Balaban J connectivity index is 2.72. The van der Waals surface area contributed by atoms with Gasteiger partial charge in [0.05, 0.1) is 18.4 Å². The normalized spacial score (nSPS) is 12.0. The molecule has 0 amide bonds. The number of nitrogens with two attached hydrogens (primary N) is 1. The molecule has 5 nitrogen and oxygen atoms in total. The number of ether oxygens (including phenoxy) is 1.